The standard InChI is InChI=1S/C21H23FN6O/c1-5-16-20(29)26(4)17-12-24-21(25-19(17)28(16)13(2)3)27-11-10-23-18(27)14-6-8-15(22)9-7-14/h6-13,16H,5H2,1-4H3/t16-/m0/s1/i1D3,2D3,3D3,4D3,5D2,13D. The van der Waals surface area contributed by atoms with Gasteiger partial charge in [0.05, 0.1) is 7.57 Å². The molecule has 0 radical (unpaired) electrons. The number of amides is 1. The van der Waals surface area contributed by atoms with E-state index < -0.39 is 75.1 Å². The highest BCUT2D eigenvalue weighted by atomic mass is 19.1. The molecule has 0 saturated carbocycles. The van der Waals surface area contributed by atoms with Gasteiger partial charge in [0.2, 0.25) is 11.9 Å². The predicted molar refractivity (Wildman–Crippen MR) is 110 cm³/mol. The van der Waals surface area contributed by atoms with E-state index in [9.17, 15) is 9.18 Å². The summed E-state index contributed by atoms with van der Waals surface area (Å²) in [6, 6.07) is -2.07. The Kier molecular flexibility index (Phi) is 2.06. The molecule has 0 aliphatic carbocycles. The van der Waals surface area contributed by atoms with Crippen molar-refractivity contribution in [1.82, 2.24) is 19.5 Å². The average molecular weight is 410 g/mol. The fourth-order valence-electron chi connectivity index (χ4n) is 2.92. The maximum atomic E-state index is 13.8. The van der Waals surface area contributed by atoms with Crippen LogP contribution >= 0.6 is 0 Å². The molecule has 0 N–H and O–H groups in total. The molecule has 4 rings (SSSR count). The Morgan fingerprint density at radius 1 is 1.31 bits per heavy atom. The number of fused-ring (bicyclic) bond motifs is 1. The zero-order valence-corrected chi connectivity index (χ0v) is 14.6. The van der Waals surface area contributed by atoms with Gasteiger partial charge in [0.25, 0.3) is 0 Å². The second-order valence-corrected chi connectivity index (χ2v) is 5.95. The maximum absolute atomic E-state index is 13.8. The minimum atomic E-state index is -3.96. The first kappa shape index (κ1) is 8.22. The largest absolute Gasteiger partial charge is 0.340 e. The predicted octanol–water partition coefficient (Wildman–Crippen LogP) is 3.44. The number of imidazole rings is 1. The van der Waals surface area contributed by atoms with Crippen molar-refractivity contribution in [2.45, 2.75) is 39.0 Å². The minimum Gasteiger partial charge on any atom is -0.340 e. The molecule has 8 heteroatoms. The Balaban J connectivity index is 2.14. The number of anilines is 2. The van der Waals surface area contributed by atoms with Gasteiger partial charge in [-0.15, -0.1) is 0 Å². The lowest BCUT2D eigenvalue weighted by atomic mass is 10.1. The number of carbonyl (C=O) groups is 1. The molecule has 1 atom stereocenters. The fraction of sp³-hybridized carbons (Fsp3) is 0.333. The van der Waals surface area contributed by atoms with Crippen LogP contribution in [-0.4, -0.2) is 44.5 Å². The summed E-state index contributed by atoms with van der Waals surface area (Å²) in [5.41, 5.74) is -0.532. The lowest BCUT2D eigenvalue weighted by Crippen LogP contribution is -2.55. The molecule has 0 bridgehead atoms. The van der Waals surface area contributed by atoms with E-state index in [1.165, 1.54) is 24.5 Å². The molecule has 29 heavy (non-hydrogen) atoms. The van der Waals surface area contributed by atoms with Crippen molar-refractivity contribution >= 4 is 17.4 Å². The number of aromatic nitrogens is 4. The molecule has 0 fully saturated rings. The van der Waals surface area contributed by atoms with Gasteiger partial charge in [-0.25, -0.2) is 14.4 Å². The summed E-state index contributed by atoms with van der Waals surface area (Å²) in [7, 11) is 0. The van der Waals surface area contributed by atoms with Gasteiger partial charge in [-0.05, 0) is 44.3 Å². The van der Waals surface area contributed by atoms with Crippen molar-refractivity contribution in [3.8, 4) is 17.3 Å². The molecule has 1 aromatic carbocycles. The van der Waals surface area contributed by atoms with Crippen molar-refractivity contribution in [3.63, 3.8) is 0 Å². The molecule has 1 aliphatic heterocycles. The second-order valence-electron chi connectivity index (χ2n) is 5.95. The minimum absolute atomic E-state index is 0.0366. The number of hydrogen-bond acceptors (Lipinski definition) is 5. The van der Waals surface area contributed by atoms with Crippen LogP contribution in [0.4, 0.5) is 15.9 Å². The Morgan fingerprint density at radius 3 is 2.86 bits per heavy atom. The van der Waals surface area contributed by atoms with Crippen LogP contribution in [0.2, 0.25) is 0 Å². The zero-order valence-electron chi connectivity index (χ0n) is 29.6. The van der Waals surface area contributed by atoms with Gasteiger partial charge < -0.3 is 9.80 Å². The molecule has 7 nitrogen and oxygen atoms in total. The van der Waals surface area contributed by atoms with E-state index in [0.717, 1.165) is 16.7 Å². The molecular weight excluding hydrogens is 371 g/mol. The topological polar surface area (TPSA) is 67.2 Å². The lowest BCUT2D eigenvalue weighted by Gasteiger charge is -2.42. The summed E-state index contributed by atoms with van der Waals surface area (Å²) in [6.45, 7) is -15.0. The van der Waals surface area contributed by atoms with E-state index in [4.69, 9.17) is 20.6 Å². The smallest absolute Gasteiger partial charge is 0.249 e. The van der Waals surface area contributed by atoms with Crippen molar-refractivity contribution in [2.24, 2.45) is 0 Å². The third kappa shape index (κ3) is 3.14. The molecule has 3 aromatic rings. The molecule has 1 aliphatic rings. The van der Waals surface area contributed by atoms with Crippen LogP contribution in [0.5, 0.6) is 0 Å². The van der Waals surface area contributed by atoms with Crippen molar-refractivity contribution in [3.05, 3.63) is 48.7 Å². The van der Waals surface area contributed by atoms with E-state index in [1.807, 2.05) is 0 Å². The summed E-state index contributed by atoms with van der Waals surface area (Å²) < 4.78 is 136. The maximum Gasteiger partial charge on any atom is 0.249 e. The van der Waals surface area contributed by atoms with E-state index in [1.54, 1.807) is 0 Å². The number of benzene rings is 1. The van der Waals surface area contributed by atoms with Gasteiger partial charge in [-0.1, -0.05) is 6.85 Å². The van der Waals surface area contributed by atoms with Gasteiger partial charge >= 0.3 is 0 Å². The second kappa shape index (κ2) is 7.27. The van der Waals surface area contributed by atoms with Gasteiger partial charge in [0.15, 0.2) is 5.82 Å². The highest BCUT2D eigenvalue weighted by Gasteiger charge is 2.38. The molecular formula is C21H23FN6O. The Morgan fingerprint density at radius 2 is 2.14 bits per heavy atom. The summed E-state index contributed by atoms with van der Waals surface area (Å²) in [6.07, 6.45) is -0.592. The Labute approximate surface area is 189 Å². The van der Waals surface area contributed by atoms with Gasteiger partial charge in [0.1, 0.15) is 23.4 Å². The van der Waals surface area contributed by atoms with Crippen molar-refractivity contribution < 1.29 is 29.7 Å². The van der Waals surface area contributed by atoms with E-state index in [2.05, 4.69) is 15.0 Å². The van der Waals surface area contributed by atoms with E-state index >= 15 is 0 Å². The summed E-state index contributed by atoms with van der Waals surface area (Å²) in [4.78, 5) is 26.0. The fourth-order valence-corrected chi connectivity index (χ4v) is 2.92. The molecule has 0 spiro atoms. The monoisotopic (exact) mass is 409 g/mol. The molecule has 1 amide bonds. The number of hydrogen-bond donors (Lipinski definition) is 0. The van der Waals surface area contributed by atoms with Crippen molar-refractivity contribution in [2.75, 3.05) is 16.8 Å². The number of carbonyl (C=O) groups excluding carboxylic acids is 1. The summed E-state index contributed by atoms with van der Waals surface area (Å²) in [5, 5.41) is 0. The Hall–Kier alpha value is -3.29. The number of likely N-dealkylation sites (N-methyl/N-ethyl adjacent to an activating group) is 1. The quantitative estimate of drug-likeness (QED) is 0.660. The van der Waals surface area contributed by atoms with E-state index in [0.29, 0.717) is 11.8 Å². The first-order valence-electron chi connectivity index (χ1n) is 15.7. The highest BCUT2D eigenvalue weighted by Crippen LogP contribution is 2.36. The molecule has 0 saturated heterocycles. The van der Waals surface area contributed by atoms with Crippen LogP contribution < -0.4 is 9.80 Å². The van der Waals surface area contributed by atoms with E-state index in [-0.39, 0.29) is 15.6 Å². The molecule has 150 valence electrons. The van der Waals surface area contributed by atoms with Gasteiger partial charge in [0, 0.05) is 50.1 Å². The SMILES string of the molecule is [2H]C([2H])([2H])N1C(=O)[C@H](C([2H])([2H])C([2H])([2H])[2H])N(C([2H])(C([2H])([2H])[2H])C([2H])([2H])[2H])c2nc(-n3ccnc3-c3ccc(F)cc3)ncc21. The number of nitrogens with zero attached hydrogens (tertiary/aromatic N) is 6. The van der Waals surface area contributed by atoms with Crippen LogP contribution in [0.1, 0.15) is 47.5 Å². The zero-order chi connectivity index (χ0) is 33.4. The average Bonchev–Trinajstić information content (AvgIpc) is 3.34. The van der Waals surface area contributed by atoms with Crippen LogP contribution in [0.3, 0.4) is 0 Å². The first-order chi connectivity index (χ1) is 19.9. The Bertz CT molecular complexity index is 1550. The number of halogens is 1. The highest BCUT2D eigenvalue weighted by molar-refractivity contribution is 6.04. The molecule has 2 aromatic heterocycles. The first-order valence-corrected chi connectivity index (χ1v) is 8.16. The van der Waals surface area contributed by atoms with Gasteiger partial charge in [-0.2, -0.15) is 4.98 Å². The van der Waals surface area contributed by atoms with Crippen LogP contribution in [-0.2, 0) is 4.79 Å². The third-order valence-corrected chi connectivity index (χ3v) is 4.26. The molecule has 0 unspecified atom stereocenters. The molecule has 3 heterocycles. The summed E-state index contributed by atoms with van der Waals surface area (Å²) >= 11 is 0. The summed E-state index contributed by atoms with van der Waals surface area (Å²) in [5.74, 6) is -3.87. The van der Waals surface area contributed by atoms with Crippen LogP contribution in [0, 0.1) is 5.82 Å². The third-order valence-electron chi connectivity index (χ3n) is 4.26. The van der Waals surface area contributed by atoms with Crippen LogP contribution in [0.15, 0.2) is 42.9 Å². The van der Waals surface area contributed by atoms with Crippen molar-refractivity contribution in [1.29, 1.82) is 0 Å². The van der Waals surface area contributed by atoms with Gasteiger partial charge in [-0.3, -0.25) is 9.36 Å². The van der Waals surface area contributed by atoms with Crippen LogP contribution in [0.25, 0.3) is 17.3 Å². The number of rotatable bonds is 4. The normalized spacial score (nSPS) is 26.7. The lowest BCUT2D eigenvalue weighted by molar-refractivity contribution is -0.120.